The number of carbonyl (C=O) groups is 2. The van der Waals surface area contributed by atoms with Gasteiger partial charge in [0, 0.05) is 23.8 Å². The predicted molar refractivity (Wildman–Crippen MR) is 49.1 cm³/mol. The minimum atomic E-state index is -1.30. The van der Waals surface area contributed by atoms with E-state index in [9.17, 15) is 19.8 Å². The van der Waals surface area contributed by atoms with Gasteiger partial charge in [-0.15, -0.1) is 0 Å². The number of aliphatic carboxylic acids is 2. The van der Waals surface area contributed by atoms with Crippen LogP contribution >= 0.6 is 0 Å². The van der Waals surface area contributed by atoms with Crippen molar-refractivity contribution in [3.05, 3.63) is 11.6 Å². The monoisotopic (exact) mass is 224 g/mol. The fraction of sp³-hybridized carbons (Fsp3) is 0.636. The number of hydrogen-bond acceptors (Lipinski definition) is 4. The normalized spacial score (nSPS) is 23.1. The van der Waals surface area contributed by atoms with E-state index in [1.54, 1.807) is 0 Å². The van der Waals surface area contributed by atoms with Crippen LogP contribution in [0.15, 0.2) is 11.6 Å². The predicted octanol–water partition coefficient (Wildman–Crippen LogP) is -6.90. The van der Waals surface area contributed by atoms with Crippen LogP contribution in [0.1, 0.15) is 26.7 Å². The van der Waals surface area contributed by atoms with Crippen LogP contribution in [-0.2, 0) is 9.59 Å². The Kier molecular flexibility index (Phi) is 9.11. The summed E-state index contributed by atoms with van der Waals surface area (Å²) in [6, 6.07) is 0. The smallest absolute Gasteiger partial charge is 0.550 e. The summed E-state index contributed by atoms with van der Waals surface area (Å²) < 4.78 is 0. The molecule has 1 rings (SSSR count). The van der Waals surface area contributed by atoms with E-state index in [2.05, 4.69) is 0 Å². The standard InChI is InChI=1S/C11H16O4.2Li/c1-6(2)7-3-4-8(10(12)13)9(5-7)11(14)15;;/h3,6,8-9H,4-5H2,1-2H3,(H,12,13)(H,14,15);;/q;2*+1/p-2. The quantitative estimate of drug-likeness (QED) is 0.352. The Hall–Kier alpha value is -0.125. The van der Waals surface area contributed by atoms with Crippen LogP contribution in [0.3, 0.4) is 0 Å². The van der Waals surface area contributed by atoms with Crippen molar-refractivity contribution in [2.45, 2.75) is 26.7 Å². The molecule has 0 aromatic heterocycles. The largest absolute Gasteiger partial charge is 1.00 e. The molecule has 2 unspecified atom stereocenters. The second-order valence-corrected chi connectivity index (χ2v) is 4.22. The van der Waals surface area contributed by atoms with Crippen molar-refractivity contribution < 1.29 is 57.5 Å². The van der Waals surface area contributed by atoms with Crippen LogP contribution in [0.4, 0.5) is 0 Å². The fourth-order valence-corrected chi connectivity index (χ4v) is 1.90. The van der Waals surface area contributed by atoms with Gasteiger partial charge in [-0.3, -0.25) is 0 Å². The molecule has 0 radical (unpaired) electrons. The maximum atomic E-state index is 10.8. The molecule has 1 aliphatic rings. The van der Waals surface area contributed by atoms with E-state index in [0.717, 1.165) is 5.57 Å². The van der Waals surface area contributed by atoms with Crippen LogP contribution < -0.4 is 47.9 Å². The van der Waals surface area contributed by atoms with Crippen molar-refractivity contribution >= 4 is 11.9 Å². The Bertz CT molecular complexity index is 313. The molecule has 0 spiro atoms. The second-order valence-electron chi connectivity index (χ2n) is 4.22. The van der Waals surface area contributed by atoms with Gasteiger partial charge in [0.05, 0.1) is 0 Å². The summed E-state index contributed by atoms with van der Waals surface area (Å²) in [6.45, 7) is 3.91. The van der Waals surface area contributed by atoms with E-state index >= 15 is 0 Å². The van der Waals surface area contributed by atoms with Gasteiger partial charge in [0.25, 0.3) is 0 Å². The molecule has 0 saturated carbocycles. The third kappa shape index (κ3) is 4.94. The summed E-state index contributed by atoms with van der Waals surface area (Å²) >= 11 is 0. The Morgan fingerprint density at radius 2 is 1.65 bits per heavy atom. The molecule has 0 bridgehead atoms. The van der Waals surface area contributed by atoms with E-state index in [4.69, 9.17) is 0 Å². The molecule has 0 fully saturated rings. The Morgan fingerprint density at radius 3 is 2.00 bits per heavy atom. The minimum Gasteiger partial charge on any atom is -0.550 e. The van der Waals surface area contributed by atoms with Gasteiger partial charge in [0.2, 0.25) is 0 Å². The molecule has 0 amide bonds. The molecule has 4 nitrogen and oxygen atoms in total. The molecule has 17 heavy (non-hydrogen) atoms. The summed E-state index contributed by atoms with van der Waals surface area (Å²) in [5, 5.41) is 21.5. The molecular weight excluding hydrogens is 210 g/mol. The van der Waals surface area contributed by atoms with Gasteiger partial charge < -0.3 is 19.8 Å². The van der Waals surface area contributed by atoms with Crippen LogP contribution in [0.2, 0.25) is 0 Å². The topological polar surface area (TPSA) is 80.3 Å². The van der Waals surface area contributed by atoms with Crippen LogP contribution in [0.5, 0.6) is 0 Å². The molecule has 0 heterocycles. The first kappa shape index (κ1) is 19.2. The van der Waals surface area contributed by atoms with E-state index in [1.165, 1.54) is 0 Å². The number of carbonyl (C=O) groups excluding carboxylic acids is 2. The maximum Gasteiger partial charge on any atom is 1.00 e. The van der Waals surface area contributed by atoms with Crippen LogP contribution in [0.25, 0.3) is 0 Å². The van der Waals surface area contributed by atoms with Gasteiger partial charge in [-0.1, -0.05) is 25.5 Å². The van der Waals surface area contributed by atoms with Crippen molar-refractivity contribution in [3.63, 3.8) is 0 Å². The fourth-order valence-electron chi connectivity index (χ4n) is 1.90. The zero-order valence-electron chi connectivity index (χ0n) is 10.9. The maximum absolute atomic E-state index is 10.8. The van der Waals surface area contributed by atoms with Crippen molar-refractivity contribution in [2.75, 3.05) is 0 Å². The molecule has 6 heteroatoms. The Labute approximate surface area is 125 Å². The van der Waals surface area contributed by atoms with E-state index < -0.39 is 23.8 Å². The molecule has 0 N–H and O–H groups in total. The SMILES string of the molecule is CC(C)C1=CCC(C(=O)[O-])C(C(=O)[O-])C1.[Li+].[Li+]. The zero-order chi connectivity index (χ0) is 11.6. The van der Waals surface area contributed by atoms with Crippen molar-refractivity contribution in [3.8, 4) is 0 Å². The molecular formula is C11H14Li2O4. The zero-order valence-corrected chi connectivity index (χ0v) is 10.9. The molecule has 0 saturated heterocycles. The van der Waals surface area contributed by atoms with Crippen LogP contribution in [0, 0.1) is 17.8 Å². The van der Waals surface area contributed by atoms with Gasteiger partial charge in [0.1, 0.15) is 0 Å². The summed E-state index contributed by atoms with van der Waals surface area (Å²) in [6.07, 6.45) is 2.30. The van der Waals surface area contributed by atoms with Gasteiger partial charge >= 0.3 is 37.7 Å². The average Bonchev–Trinajstić information content (AvgIpc) is 2.16. The number of carboxylic acid groups (broad SMARTS) is 2. The van der Waals surface area contributed by atoms with E-state index in [-0.39, 0.29) is 56.5 Å². The van der Waals surface area contributed by atoms with Gasteiger partial charge in [-0.25, -0.2) is 0 Å². The molecule has 0 aromatic carbocycles. The average molecular weight is 224 g/mol. The van der Waals surface area contributed by atoms with Crippen LogP contribution in [-0.4, -0.2) is 11.9 Å². The molecule has 2 atom stereocenters. The molecule has 1 aliphatic carbocycles. The Morgan fingerprint density at radius 1 is 1.18 bits per heavy atom. The number of allylic oxidation sites excluding steroid dienone is 2. The van der Waals surface area contributed by atoms with Crippen molar-refractivity contribution in [1.29, 1.82) is 0 Å². The van der Waals surface area contributed by atoms with Crippen molar-refractivity contribution in [1.82, 2.24) is 0 Å². The first-order valence-corrected chi connectivity index (χ1v) is 5.04. The van der Waals surface area contributed by atoms with E-state index in [0.29, 0.717) is 0 Å². The summed E-state index contributed by atoms with van der Waals surface area (Å²) in [4.78, 5) is 21.5. The van der Waals surface area contributed by atoms with Gasteiger partial charge in [-0.2, -0.15) is 0 Å². The van der Waals surface area contributed by atoms with Crippen molar-refractivity contribution in [2.24, 2.45) is 17.8 Å². The first-order chi connectivity index (χ1) is 6.93. The second kappa shape index (κ2) is 8.06. The third-order valence-electron chi connectivity index (χ3n) is 2.92. The van der Waals surface area contributed by atoms with Gasteiger partial charge in [-0.05, 0) is 18.8 Å². The number of rotatable bonds is 3. The summed E-state index contributed by atoms with van der Waals surface area (Å²) in [7, 11) is 0. The van der Waals surface area contributed by atoms with Gasteiger partial charge in [0.15, 0.2) is 0 Å². The summed E-state index contributed by atoms with van der Waals surface area (Å²) in [5.41, 5.74) is 0.988. The summed E-state index contributed by atoms with van der Waals surface area (Å²) in [5.74, 6) is -4.25. The minimum absolute atomic E-state index is 0. The molecule has 0 aromatic rings. The number of hydrogen-bond donors (Lipinski definition) is 0. The third-order valence-corrected chi connectivity index (χ3v) is 2.92. The molecule has 0 aliphatic heterocycles. The number of carboxylic acids is 2. The molecule has 84 valence electrons. The Balaban J connectivity index is 0. The first-order valence-electron chi connectivity index (χ1n) is 5.04. The van der Waals surface area contributed by atoms with E-state index in [1.807, 2.05) is 19.9 Å².